The highest BCUT2D eigenvalue weighted by Gasteiger charge is 2.02. The van der Waals surface area contributed by atoms with Crippen LogP contribution in [0.4, 0.5) is 0 Å². The SMILES string of the molecule is [C](C=Cc1ccccc1)=C(c1ccccc1)c1ccccc1. The zero-order valence-corrected chi connectivity index (χ0v) is 12.3. The first-order valence-electron chi connectivity index (χ1n) is 7.39. The van der Waals surface area contributed by atoms with Crippen molar-refractivity contribution >= 4 is 11.6 Å². The second-order valence-electron chi connectivity index (χ2n) is 5.00. The van der Waals surface area contributed by atoms with Crippen LogP contribution in [-0.4, -0.2) is 0 Å². The van der Waals surface area contributed by atoms with E-state index in [-0.39, 0.29) is 0 Å². The first kappa shape index (κ1) is 14.1. The van der Waals surface area contributed by atoms with Crippen LogP contribution in [0.5, 0.6) is 0 Å². The van der Waals surface area contributed by atoms with Crippen LogP contribution in [0.2, 0.25) is 0 Å². The average Bonchev–Trinajstić information content (AvgIpc) is 2.61. The normalized spacial score (nSPS) is 10.5. The summed E-state index contributed by atoms with van der Waals surface area (Å²) < 4.78 is 0. The minimum atomic E-state index is 1.10. The second kappa shape index (κ2) is 7.24. The zero-order valence-electron chi connectivity index (χ0n) is 12.3. The Bertz CT molecular complexity index is 709. The lowest BCUT2D eigenvalue weighted by Crippen LogP contribution is -1.87. The number of allylic oxidation sites excluding steroid dienone is 2. The number of hydrogen-bond donors (Lipinski definition) is 0. The second-order valence-corrected chi connectivity index (χ2v) is 5.00. The molecular formula is C22H17. The summed E-state index contributed by atoms with van der Waals surface area (Å²) in [5.41, 5.74) is 4.63. The van der Waals surface area contributed by atoms with Crippen LogP contribution < -0.4 is 0 Å². The van der Waals surface area contributed by atoms with Gasteiger partial charge in [-0.2, -0.15) is 0 Å². The average molecular weight is 281 g/mol. The molecule has 0 bridgehead atoms. The summed E-state index contributed by atoms with van der Waals surface area (Å²) in [7, 11) is 0. The number of hydrogen-bond acceptors (Lipinski definition) is 0. The molecule has 0 fully saturated rings. The number of benzene rings is 3. The third kappa shape index (κ3) is 3.62. The molecule has 0 aliphatic carbocycles. The molecular weight excluding hydrogens is 264 g/mol. The lowest BCUT2D eigenvalue weighted by atomic mass is 9.97. The van der Waals surface area contributed by atoms with Crippen LogP contribution in [0.1, 0.15) is 16.7 Å². The maximum absolute atomic E-state index is 3.44. The van der Waals surface area contributed by atoms with Gasteiger partial charge in [0.15, 0.2) is 0 Å². The lowest BCUT2D eigenvalue weighted by molar-refractivity contribution is 1.54. The molecule has 0 atom stereocenters. The van der Waals surface area contributed by atoms with Crippen molar-refractivity contribution in [1.82, 2.24) is 0 Å². The fourth-order valence-electron chi connectivity index (χ4n) is 2.33. The van der Waals surface area contributed by atoms with E-state index in [4.69, 9.17) is 0 Å². The van der Waals surface area contributed by atoms with E-state index in [9.17, 15) is 0 Å². The van der Waals surface area contributed by atoms with Crippen LogP contribution in [0.15, 0.2) is 97.1 Å². The molecule has 3 rings (SSSR count). The fourth-order valence-corrected chi connectivity index (χ4v) is 2.33. The predicted octanol–water partition coefficient (Wildman–Crippen LogP) is 5.63. The van der Waals surface area contributed by atoms with Crippen LogP contribution >= 0.6 is 0 Å². The van der Waals surface area contributed by atoms with Crippen LogP contribution in [0.3, 0.4) is 0 Å². The van der Waals surface area contributed by atoms with Gasteiger partial charge in [-0.15, -0.1) is 0 Å². The van der Waals surface area contributed by atoms with Crippen molar-refractivity contribution in [3.8, 4) is 0 Å². The summed E-state index contributed by atoms with van der Waals surface area (Å²) in [6.45, 7) is 0. The molecule has 105 valence electrons. The van der Waals surface area contributed by atoms with E-state index in [1.807, 2.05) is 36.4 Å². The van der Waals surface area contributed by atoms with Gasteiger partial charge in [0.25, 0.3) is 0 Å². The van der Waals surface area contributed by atoms with Crippen molar-refractivity contribution in [2.75, 3.05) is 0 Å². The molecule has 0 heterocycles. The third-order valence-corrected chi connectivity index (χ3v) is 3.43. The first-order valence-corrected chi connectivity index (χ1v) is 7.39. The van der Waals surface area contributed by atoms with Gasteiger partial charge >= 0.3 is 0 Å². The van der Waals surface area contributed by atoms with Crippen LogP contribution in [0, 0.1) is 6.08 Å². The van der Waals surface area contributed by atoms with Crippen molar-refractivity contribution in [3.05, 3.63) is 120 Å². The van der Waals surface area contributed by atoms with Gasteiger partial charge < -0.3 is 0 Å². The van der Waals surface area contributed by atoms with Gasteiger partial charge in [-0.3, -0.25) is 0 Å². The molecule has 3 aromatic rings. The molecule has 0 saturated carbocycles. The standard InChI is InChI=1S/C22H17/c1-4-11-19(12-5-1)13-10-18-22(20-14-6-2-7-15-20)21-16-8-3-9-17-21/h1-17H. The van der Waals surface area contributed by atoms with E-state index in [0.717, 1.165) is 5.57 Å². The molecule has 0 heteroatoms. The summed E-state index contributed by atoms with van der Waals surface area (Å²) in [5, 5.41) is 0. The van der Waals surface area contributed by atoms with E-state index < -0.39 is 0 Å². The third-order valence-electron chi connectivity index (χ3n) is 3.43. The van der Waals surface area contributed by atoms with Gasteiger partial charge in [0.2, 0.25) is 0 Å². The van der Waals surface area contributed by atoms with Crippen LogP contribution in [-0.2, 0) is 0 Å². The summed E-state index contributed by atoms with van der Waals surface area (Å²) >= 11 is 0. The van der Waals surface area contributed by atoms with Gasteiger partial charge in [0.1, 0.15) is 0 Å². The quantitative estimate of drug-likeness (QED) is 0.543. The lowest BCUT2D eigenvalue weighted by Gasteiger charge is -2.06. The molecule has 0 spiro atoms. The molecule has 0 nitrogen and oxygen atoms in total. The monoisotopic (exact) mass is 281 g/mol. The highest BCUT2D eigenvalue weighted by atomic mass is 14.1. The molecule has 1 radical (unpaired) electrons. The van der Waals surface area contributed by atoms with E-state index in [0.29, 0.717) is 0 Å². The Morgan fingerprint density at radius 1 is 0.591 bits per heavy atom. The molecule has 0 aliphatic rings. The van der Waals surface area contributed by atoms with E-state index >= 15 is 0 Å². The molecule has 0 N–H and O–H groups in total. The smallest absolute Gasteiger partial charge is 0.00326 e. The Morgan fingerprint density at radius 3 is 1.55 bits per heavy atom. The summed E-state index contributed by atoms with van der Waals surface area (Å²) in [5.74, 6) is 0. The first-order chi connectivity index (χ1) is 10.9. The van der Waals surface area contributed by atoms with Crippen molar-refractivity contribution in [2.45, 2.75) is 0 Å². The Labute approximate surface area is 132 Å². The van der Waals surface area contributed by atoms with Gasteiger partial charge in [0.05, 0.1) is 0 Å². The van der Waals surface area contributed by atoms with E-state index in [1.54, 1.807) is 0 Å². The molecule has 3 aromatic carbocycles. The summed E-state index contributed by atoms with van der Waals surface area (Å²) in [6.07, 6.45) is 7.50. The van der Waals surface area contributed by atoms with Crippen molar-refractivity contribution in [3.63, 3.8) is 0 Å². The zero-order chi connectivity index (χ0) is 15.0. The number of rotatable bonds is 4. The van der Waals surface area contributed by atoms with Crippen molar-refractivity contribution in [1.29, 1.82) is 0 Å². The van der Waals surface area contributed by atoms with Gasteiger partial charge in [-0.25, -0.2) is 0 Å². The van der Waals surface area contributed by atoms with Gasteiger partial charge in [-0.1, -0.05) is 103 Å². The maximum Gasteiger partial charge on any atom is -0.00326 e. The topological polar surface area (TPSA) is 0 Å². The van der Waals surface area contributed by atoms with E-state index in [1.165, 1.54) is 16.7 Å². The molecule has 0 aliphatic heterocycles. The maximum atomic E-state index is 3.44. The Morgan fingerprint density at radius 2 is 1.05 bits per heavy atom. The fraction of sp³-hybridized carbons (Fsp3) is 0. The molecule has 0 amide bonds. The summed E-state index contributed by atoms with van der Waals surface area (Å²) in [4.78, 5) is 0. The Balaban J connectivity index is 1.96. The highest BCUT2D eigenvalue weighted by Crippen LogP contribution is 2.22. The van der Waals surface area contributed by atoms with Gasteiger partial charge in [-0.05, 0) is 28.3 Å². The largest absolute Gasteiger partial charge is 0.0622 e. The Hall–Kier alpha value is -2.86. The molecule has 0 aromatic heterocycles. The minimum absolute atomic E-state index is 1.10. The van der Waals surface area contributed by atoms with Gasteiger partial charge in [0, 0.05) is 0 Å². The minimum Gasteiger partial charge on any atom is -0.0622 e. The van der Waals surface area contributed by atoms with Crippen molar-refractivity contribution in [2.24, 2.45) is 0 Å². The molecule has 0 saturated heterocycles. The summed E-state index contributed by atoms with van der Waals surface area (Å²) in [6, 6.07) is 31.0. The Kier molecular flexibility index (Phi) is 4.63. The molecule has 0 unspecified atom stereocenters. The van der Waals surface area contributed by atoms with Crippen LogP contribution in [0.25, 0.3) is 11.6 Å². The van der Waals surface area contributed by atoms with E-state index in [2.05, 4.69) is 72.8 Å². The molecule has 22 heavy (non-hydrogen) atoms. The highest BCUT2D eigenvalue weighted by molar-refractivity contribution is 5.79. The predicted molar refractivity (Wildman–Crippen MR) is 94.1 cm³/mol. The van der Waals surface area contributed by atoms with Crippen molar-refractivity contribution < 1.29 is 0 Å².